The van der Waals surface area contributed by atoms with Gasteiger partial charge in [-0.2, -0.15) is 0 Å². The van der Waals surface area contributed by atoms with Crippen molar-refractivity contribution in [2.75, 3.05) is 19.7 Å². The molecule has 0 bridgehead atoms. The van der Waals surface area contributed by atoms with E-state index in [1.165, 1.54) is 0 Å². The van der Waals surface area contributed by atoms with Gasteiger partial charge in [-0.1, -0.05) is 35.3 Å². The number of likely N-dealkylation sites (tertiary alicyclic amines) is 1. The molecule has 24 heavy (non-hydrogen) atoms. The lowest BCUT2D eigenvalue weighted by atomic mass is 10.0. The number of benzene rings is 1. The Morgan fingerprint density at radius 1 is 1.29 bits per heavy atom. The predicted molar refractivity (Wildman–Crippen MR) is 94.5 cm³/mol. The van der Waals surface area contributed by atoms with Gasteiger partial charge in [-0.15, -0.1) is 0 Å². The maximum absolute atomic E-state index is 12.1. The summed E-state index contributed by atoms with van der Waals surface area (Å²) in [5.41, 5.74) is 0.872. The third-order valence-corrected chi connectivity index (χ3v) is 4.90. The fraction of sp³-hybridized carbons (Fsp3) is 0.529. The number of hydrogen-bond donors (Lipinski definition) is 1. The van der Waals surface area contributed by atoms with Crippen LogP contribution >= 0.6 is 23.2 Å². The minimum Gasteiger partial charge on any atom is -0.450 e. The van der Waals surface area contributed by atoms with Crippen molar-refractivity contribution in [3.05, 3.63) is 33.8 Å². The summed E-state index contributed by atoms with van der Waals surface area (Å²) in [7, 11) is 0. The lowest BCUT2D eigenvalue weighted by Gasteiger charge is -2.31. The molecule has 1 aromatic rings. The van der Waals surface area contributed by atoms with Crippen molar-refractivity contribution in [2.24, 2.45) is 0 Å². The van der Waals surface area contributed by atoms with Crippen molar-refractivity contribution in [1.29, 1.82) is 0 Å². The molecule has 1 saturated heterocycles. The van der Waals surface area contributed by atoms with Crippen molar-refractivity contribution >= 4 is 35.2 Å². The van der Waals surface area contributed by atoms with E-state index < -0.39 is 0 Å². The van der Waals surface area contributed by atoms with E-state index in [9.17, 15) is 9.59 Å². The van der Waals surface area contributed by atoms with Crippen LogP contribution in [0.2, 0.25) is 10.0 Å². The van der Waals surface area contributed by atoms with Crippen LogP contribution in [0.5, 0.6) is 0 Å². The van der Waals surface area contributed by atoms with E-state index in [2.05, 4.69) is 5.32 Å². The Hall–Kier alpha value is -1.46. The monoisotopic (exact) mass is 372 g/mol. The zero-order valence-corrected chi connectivity index (χ0v) is 15.2. The van der Waals surface area contributed by atoms with Crippen LogP contribution in [0.1, 0.15) is 31.7 Å². The summed E-state index contributed by atoms with van der Waals surface area (Å²) in [6, 6.07) is 5.52. The van der Waals surface area contributed by atoms with Crippen LogP contribution in [-0.2, 0) is 16.0 Å². The highest BCUT2D eigenvalue weighted by Crippen LogP contribution is 2.26. The van der Waals surface area contributed by atoms with Gasteiger partial charge in [0.15, 0.2) is 0 Å². The molecule has 0 aromatic heterocycles. The molecule has 2 rings (SSSR count). The van der Waals surface area contributed by atoms with Gasteiger partial charge < -0.3 is 15.0 Å². The maximum Gasteiger partial charge on any atom is 0.409 e. The molecule has 132 valence electrons. The van der Waals surface area contributed by atoms with E-state index in [0.29, 0.717) is 42.6 Å². The van der Waals surface area contributed by atoms with Crippen LogP contribution < -0.4 is 5.32 Å². The summed E-state index contributed by atoms with van der Waals surface area (Å²) >= 11 is 12.1. The number of piperidine rings is 1. The summed E-state index contributed by atoms with van der Waals surface area (Å²) in [6.45, 7) is 3.37. The lowest BCUT2D eigenvalue weighted by molar-refractivity contribution is -0.122. The first-order valence-electron chi connectivity index (χ1n) is 8.15. The Balaban J connectivity index is 1.74. The molecular formula is C17H22Cl2N2O3. The first-order chi connectivity index (χ1) is 11.5. The van der Waals surface area contributed by atoms with E-state index in [4.69, 9.17) is 27.9 Å². The molecule has 0 radical (unpaired) electrons. The van der Waals surface area contributed by atoms with Crippen LogP contribution in [0, 0.1) is 0 Å². The fourth-order valence-electron chi connectivity index (χ4n) is 2.71. The number of rotatable bonds is 5. The average molecular weight is 373 g/mol. The zero-order valence-electron chi connectivity index (χ0n) is 13.7. The topological polar surface area (TPSA) is 58.6 Å². The number of hydrogen-bond acceptors (Lipinski definition) is 3. The highest BCUT2D eigenvalue weighted by molar-refractivity contribution is 6.42. The molecule has 0 atom stereocenters. The molecule has 2 amide bonds. The van der Waals surface area contributed by atoms with Gasteiger partial charge in [0.05, 0.1) is 16.7 Å². The SMILES string of the molecule is CCOC(=O)N1CCC(NC(=O)CCc2cccc(Cl)c2Cl)CC1. The first-order valence-corrected chi connectivity index (χ1v) is 8.90. The van der Waals surface area contributed by atoms with Crippen molar-refractivity contribution in [3.63, 3.8) is 0 Å². The molecule has 1 heterocycles. The second kappa shape index (κ2) is 9.14. The Labute approximate surface area is 152 Å². The molecule has 0 unspecified atom stereocenters. The molecule has 1 aliphatic heterocycles. The van der Waals surface area contributed by atoms with Crippen molar-refractivity contribution in [1.82, 2.24) is 10.2 Å². The van der Waals surface area contributed by atoms with Gasteiger partial charge in [0.1, 0.15) is 0 Å². The van der Waals surface area contributed by atoms with Crippen molar-refractivity contribution in [2.45, 2.75) is 38.6 Å². The molecule has 1 fully saturated rings. The fourth-order valence-corrected chi connectivity index (χ4v) is 3.13. The molecule has 1 aliphatic rings. The van der Waals surface area contributed by atoms with Crippen molar-refractivity contribution < 1.29 is 14.3 Å². The van der Waals surface area contributed by atoms with Crippen molar-refractivity contribution in [3.8, 4) is 0 Å². The molecule has 0 aliphatic carbocycles. The van der Waals surface area contributed by atoms with E-state index in [1.807, 2.05) is 12.1 Å². The van der Waals surface area contributed by atoms with Crippen LogP contribution in [0.3, 0.4) is 0 Å². The molecular weight excluding hydrogens is 351 g/mol. The number of carbonyl (C=O) groups is 2. The van der Waals surface area contributed by atoms with Gasteiger partial charge in [-0.3, -0.25) is 4.79 Å². The van der Waals surface area contributed by atoms with Crippen LogP contribution in [-0.4, -0.2) is 42.6 Å². The second-order valence-electron chi connectivity index (χ2n) is 5.74. The van der Waals surface area contributed by atoms with Crippen LogP contribution in [0.4, 0.5) is 4.79 Å². The molecule has 0 spiro atoms. The van der Waals surface area contributed by atoms with E-state index in [1.54, 1.807) is 17.9 Å². The lowest BCUT2D eigenvalue weighted by Crippen LogP contribution is -2.46. The van der Waals surface area contributed by atoms with Crippen LogP contribution in [0.15, 0.2) is 18.2 Å². The second-order valence-corrected chi connectivity index (χ2v) is 6.53. The minimum atomic E-state index is -0.280. The number of carbonyl (C=O) groups excluding carboxylic acids is 2. The van der Waals surface area contributed by atoms with E-state index in [0.717, 1.165) is 18.4 Å². The maximum atomic E-state index is 12.1. The normalized spacial score (nSPS) is 15.2. The first kappa shape index (κ1) is 18.9. The number of nitrogens with zero attached hydrogens (tertiary/aromatic N) is 1. The predicted octanol–water partition coefficient (Wildman–Crippen LogP) is 3.66. The number of aryl methyl sites for hydroxylation is 1. The average Bonchev–Trinajstić information content (AvgIpc) is 2.57. The summed E-state index contributed by atoms with van der Waals surface area (Å²) in [5, 5.41) is 4.03. The van der Waals surface area contributed by atoms with Gasteiger partial charge in [0.25, 0.3) is 0 Å². The highest BCUT2D eigenvalue weighted by Gasteiger charge is 2.24. The van der Waals surface area contributed by atoms with Gasteiger partial charge in [0.2, 0.25) is 5.91 Å². The zero-order chi connectivity index (χ0) is 17.5. The summed E-state index contributed by atoms with van der Waals surface area (Å²) < 4.78 is 4.98. The van der Waals surface area contributed by atoms with Gasteiger partial charge >= 0.3 is 6.09 Å². The highest BCUT2D eigenvalue weighted by atomic mass is 35.5. The Morgan fingerprint density at radius 3 is 2.67 bits per heavy atom. The molecule has 1 N–H and O–H groups in total. The Bertz CT molecular complexity index is 587. The Morgan fingerprint density at radius 2 is 2.00 bits per heavy atom. The number of halogens is 2. The van der Waals surface area contributed by atoms with Gasteiger partial charge in [-0.05, 0) is 37.8 Å². The number of ether oxygens (including phenoxy) is 1. The van der Waals surface area contributed by atoms with E-state index >= 15 is 0 Å². The molecule has 7 heteroatoms. The number of nitrogens with one attached hydrogen (secondary N) is 1. The van der Waals surface area contributed by atoms with E-state index in [-0.39, 0.29) is 18.0 Å². The third kappa shape index (κ3) is 5.28. The smallest absolute Gasteiger partial charge is 0.409 e. The Kier molecular flexibility index (Phi) is 7.18. The van der Waals surface area contributed by atoms with Gasteiger partial charge in [-0.25, -0.2) is 4.79 Å². The summed E-state index contributed by atoms with van der Waals surface area (Å²) in [5.74, 6) is -0.0133. The summed E-state index contributed by atoms with van der Waals surface area (Å²) in [6.07, 6.45) is 2.11. The molecule has 1 aromatic carbocycles. The molecule has 5 nitrogen and oxygen atoms in total. The summed E-state index contributed by atoms with van der Waals surface area (Å²) in [4.78, 5) is 25.4. The quantitative estimate of drug-likeness (QED) is 0.857. The minimum absolute atomic E-state index is 0.0133. The largest absolute Gasteiger partial charge is 0.450 e. The number of amides is 2. The molecule has 0 saturated carbocycles. The standard InChI is InChI=1S/C17H22Cl2N2O3/c1-2-24-17(23)21-10-8-13(9-11-21)20-15(22)7-6-12-4-3-5-14(18)16(12)19/h3-5,13H,2,6-11H2,1H3,(H,20,22). The van der Waals surface area contributed by atoms with Gasteiger partial charge in [0, 0.05) is 25.6 Å². The van der Waals surface area contributed by atoms with Crippen LogP contribution in [0.25, 0.3) is 0 Å². The third-order valence-electron chi connectivity index (χ3n) is 4.04.